The quantitative estimate of drug-likeness (QED) is 0.382. The monoisotopic (exact) mass is 384 g/mol. The normalized spacial score (nSPS) is 11.3. The molecular weight excluding hydrogens is 368 g/mol. The number of rotatable bonds is 3. The van der Waals surface area contributed by atoms with Gasteiger partial charge in [-0.3, -0.25) is 4.40 Å². The molecule has 2 aromatic carbocycles. The van der Waals surface area contributed by atoms with Gasteiger partial charge in [0.15, 0.2) is 0 Å². The second-order valence-electron chi connectivity index (χ2n) is 6.59. The van der Waals surface area contributed by atoms with E-state index in [9.17, 15) is 4.79 Å². The number of benzene rings is 2. The van der Waals surface area contributed by atoms with Crippen molar-refractivity contribution in [3.63, 3.8) is 0 Å². The van der Waals surface area contributed by atoms with Crippen molar-refractivity contribution in [2.24, 2.45) is 0 Å². The van der Waals surface area contributed by atoms with Gasteiger partial charge in [0.25, 0.3) is 0 Å². The molecule has 3 heterocycles. The number of hydrogen-bond acceptors (Lipinski definition) is 4. The summed E-state index contributed by atoms with van der Waals surface area (Å²) >= 11 is 1.54. The van der Waals surface area contributed by atoms with Crippen LogP contribution in [0.25, 0.3) is 27.9 Å². The summed E-state index contributed by atoms with van der Waals surface area (Å²) in [5.74, 6) is 0. The topological polar surface area (TPSA) is 47.5 Å². The molecule has 0 saturated carbocycles. The lowest BCUT2D eigenvalue weighted by atomic mass is 10.1. The molecule has 0 aliphatic rings. The number of nitrogens with zero attached hydrogens (tertiary/aromatic N) is 2. The average Bonchev–Trinajstić information content (AvgIpc) is 3.08. The van der Waals surface area contributed by atoms with Crippen LogP contribution in [0.3, 0.4) is 0 Å². The van der Waals surface area contributed by atoms with E-state index in [0.717, 1.165) is 37.8 Å². The maximum Gasteiger partial charge on any atom is 0.337 e. The molecule has 0 radical (unpaired) electrons. The first-order valence-corrected chi connectivity index (χ1v) is 9.75. The highest BCUT2D eigenvalue weighted by Crippen LogP contribution is 2.39. The molecule has 0 spiro atoms. The van der Waals surface area contributed by atoms with Crippen LogP contribution in [0, 0.1) is 6.92 Å². The molecule has 0 atom stereocenters. The van der Waals surface area contributed by atoms with Gasteiger partial charge in [-0.2, -0.15) is 0 Å². The minimum Gasteiger partial charge on any atom is -0.423 e. The highest BCUT2D eigenvalue weighted by atomic mass is 32.2. The largest absolute Gasteiger partial charge is 0.423 e. The molecule has 0 amide bonds. The van der Waals surface area contributed by atoms with Gasteiger partial charge in [-0.1, -0.05) is 59.8 Å². The Morgan fingerprint density at radius 3 is 2.64 bits per heavy atom. The lowest BCUT2D eigenvalue weighted by Crippen LogP contribution is -1.98. The van der Waals surface area contributed by atoms with Crippen LogP contribution >= 0.6 is 11.8 Å². The number of imidazole rings is 1. The summed E-state index contributed by atoms with van der Waals surface area (Å²) in [6.45, 7) is 2.03. The summed E-state index contributed by atoms with van der Waals surface area (Å²) in [6, 6.07) is 23.4. The fourth-order valence-corrected chi connectivity index (χ4v) is 4.44. The van der Waals surface area contributed by atoms with E-state index in [1.54, 1.807) is 6.07 Å². The molecule has 0 aliphatic carbocycles. The van der Waals surface area contributed by atoms with Crippen LogP contribution in [0.15, 0.2) is 98.1 Å². The van der Waals surface area contributed by atoms with Crippen LogP contribution in [-0.2, 0) is 0 Å². The van der Waals surface area contributed by atoms with E-state index >= 15 is 0 Å². The Balaban J connectivity index is 1.76. The van der Waals surface area contributed by atoms with Gasteiger partial charge in [-0.05, 0) is 31.2 Å². The van der Waals surface area contributed by atoms with Crippen LogP contribution in [0.5, 0.6) is 0 Å². The van der Waals surface area contributed by atoms with Gasteiger partial charge >= 0.3 is 5.63 Å². The maximum atomic E-state index is 12.1. The standard InChI is InChI=1S/C23H16N2O2S/c1-15-10-11-18-17(13-15)19(14-21(26)27-18)28-23-22(16-7-3-2-4-8-16)24-20-9-5-6-12-25(20)23/h2-14H,1H3. The Kier molecular flexibility index (Phi) is 4.02. The zero-order valence-electron chi connectivity index (χ0n) is 15.1. The molecule has 0 unspecified atom stereocenters. The van der Waals surface area contributed by atoms with Crippen molar-refractivity contribution in [3.8, 4) is 11.3 Å². The fraction of sp³-hybridized carbons (Fsp3) is 0.0435. The second-order valence-corrected chi connectivity index (χ2v) is 7.62. The molecule has 0 bridgehead atoms. The maximum absolute atomic E-state index is 12.1. The second kappa shape index (κ2) is 6.69. The molecule has 0 aliphatic heterocycles. The van der Waals surface area contributed by atoms with Crippen molar-refractivity contribution in [3.05, 3.63) is 95.0 Å². The Bertz CT molecular complexity index is 1370. The van der Waals surface area contributed by atoms with Crippen molar-refractivity contribution in [2.45, 2.75) is 16.8 Å². The van der Waals surface area contributed by atoms with Crippen LogP contribution in [0.4, 0.5) is 0 Å². The predicted molar refractivity (Wildman–Crippen MR) is 112 cm³/mol. The molecule has 136 valence electrons. The molecule has 3 aromatic heterocycles. The van der Waals surface area contributed by atoms with E-state index in [2.05, 4.69) is 4.40 Å². The Hall–Kier alpha value is -3.31. The van der Waals surface area contributed by atoms with Gasteiger partial charge in [-0.15, -0.1) is 0 Å². The molecular formula is C23H16N2O2S. The van der Waals surface area contributed by atoms with Gasteiger partial charge in [-0.25, -0.2) is 9.78 Å². The van der Waals surface area contributed by atoms with E-state index in [0.29, 0.717) is 5.58 Å². The van der Waals surface area contributed by atoms with Crippen molar-refractivity contribution < 1.29 is 4.42 Å². The summed E-state index contributed by atoms with van der Waals surface area (Å²) in [5, 5.41) is 1.89. The van der Waals surface area contributed by atoms with E-state index in [1.807, 2.05) is 79.9 Å². The number of hydrogen-bond donors (Lipinski definition) is 0. The first-order valence-electron chi connectivity index (χ1n) is 8.94. The lowest BCUT2D eigenvalue weighted by molar-refractivity contribution is 0.557. The van der Waals surface area contributed by atoms with Crippen LogP contribution in [-0.4, -0.2) is 9.38 Å². The minimum absolute atomic E-state index is 0.353. The smallest absolute Gasteiger partial charge is 0.337 e. The van der Waals surface area contributed by atoms with Crippen LogP contribution < -0.4 is 5.63 Å². The van der Waals surface area contributed by atoms with Crippen molar-refractivity contribution in [2.75, 3.05) is 0 Å². The zero-order chi connectivity index (χ0) is 19.1. The third kappa shape index (κ3) is 2.90. The van der Waals surface area contributed by atoms with E-state index in [-0.39, 0.29) is 5.63 Å². The van der Waals surface area contributed by atoms with Gasteiger partial charge in [0.1, 0.15) is 22.0 Å². The summed E-state index contributed by atoms with van der Waals surface area (Å²) in [5.41, 5.74) is 4.16. The van der Waals surface area contributed by atoms with Crippen molar-refractivity contribution >= 4 is 28.4 Å². The average molecular weight is 384 g/mol. The summed E-state index contributed by atoms with van der Waals surface area (Å²) in [7, 11) is 0. The first-order chi connectivity index (χ1) is 13.7. The van der Waals surface area contributed by atoms with Crippen LogP contribution in [0.1, 0.15) is 5.56 Å². The predicted octanol–water partition coefficient (Wildman–Crippen LogP) is 5.57. The SMILES string of the molecule is Cc1ccc2oc(=O)cc(Sc3c(-c4ccccc4)nc4ccccn34)c2c1. The molecule has 0 fully saturated rings. The molecule has 4 nitrogen and oxygen atoms in total. The highest BCUT2D eigenvalue weighted by Gasteiger charge is 2.17. The number of aromatic nitrogens is 2. The first kappa shape index (κ1) is 16.8. The van der Waals surface area contributed by atoms with Crippen LogP contribution in [0.2, 0.25) is 0 Å². The third-order valence-corrected chi connectivity index (χ3v) is 5.74. The van der Waals surface area contributed by atoms with E-state index < -0.39 is 0 Å². The minimum atomic E-state index is -0.353. The Labute approximate surface area is 165 Å². The summed E-state index contributed by atoms with van der Waals surface area (Å²) < 4.78 is 7.45. The molecule has 5 heteroatoms. The zero-order valence-corrected chi connectivity index (χ0v) is 15.9. The third-order valence-electron chi connectivity index (χ3n) is 4.60. The molecule has 0 N–H and O–H groups in total. The molecule has 5 rings (SSSR count). The van der Waals surface area contributed by atoms with Crippen molar-refractivity contribution in [1.29, 1.82) is 0 Å². The summed E-state index contributed by atoms with van der Waals surface area (Å²) in [4.78, 5) is 17.8. The van der Waals surface area contributed by atoms with E-state index in [4.69, 9.17) is 9.40 Å². The molecule has 28 heavy (non-hydrogen) atoms. The fourth-order valence-electron chi connectivity index (χ4n) is 3.29. The highest BCUT2D eigenvalue weighted by molar-refractivity contribution is 7.99. The van der Waals surface area contributed by atoms with Gasteiger partial charge in [0.05, 0.1) is 0 Å². The molecule has 0 saturated heterocycles. The van der Waals surface area contributed by atoms with Crippen molar-refractivity contribution in [1.82, 2.24) is 9.38 Å². The van der Waals surface area contributed by atoms with Gasteiger partial charge < -0.3 is 4.42 Å². The van der Waals surface area contributed by atoms with Gasteiger partial charge in [0.2, 0.25) is 0 Å². The number of aryl methyl sites for hydroxylation is 1. The number of fused-ring (bicyclic) bond motifs is 2. The number of pyridine rings is 1. The summed E-state index contributed by atoms with van der Waals surface area (Å²) in [6.07, 6.45) is 2.00. The van der Waals surface area contributed by atoms with Gasteiger partial charge in [0, 0.05) is 28.1 Å². The Morgan fingerprint density at radius 1 is 0.964 bits per heavy atom. The Morgan fingerprint density at radius 2 is 1.79 bits per heavy atom. The molecule has 5 aromatic rings. The van der Waals surface area contributed by atoms with E-state index in [1.165, 1.54) is 11.8 Å². The lowest BCUT2D eigenvalue weighted by Gasteiger charge is -2.08.